The summed E-state index contributed by atoms with van der Waals surface area (Å²) < 4.78 is 26.7. The standard InChI is InChI=1S/C16H17N3O2S/c20-22(21,11-10-13-6-2-1-3-7-13)17-12-16-18-14-8-4-5-9-15(14)19-16/h1-9,17H,10-12H2,(H,18,19). The number of nitrogens with one attached hydrogen (secondary N) is 2. The SMILES string of the molecule is O=S(=O)(CCc1ccccc1)NCc1nc2ccccc2[nH]1. The monoisotopic (exact) mass is 315 g/mol. The van der Waals surface area contributed by atoms with Crippen molar-refractivity contribution in [2.75, 3.05) is 5.75 Å². The van der Waals surface area contributed by atoms with Crippen LogP contribution in [0.3, 0.4) is 0 Å². The summed E-state index contributed by atoms with van der Waals surface area (Å²) in [5.41, 5.74) is 2.75. The number of hydrogen-bond acceptors (Lipinski definition) is 3. The van der Waals surface area contributed by atoms with E-state index >= 15 is 0 Å². The number of rotatable bonds is 6. The van der Waals surface area contributed by atoms with E-state index in [-0.39, 0.29) is 12.3 Å². The van der Waals surface area contributed by atoms with Crippen LogP contribution in [0.2, 0.25) is 0 Å². The van der Waals surface area contributed by atoms with Gasteiger partial charge in [0.2, 0.25) is 10.0 Å². The maximum absolute atomic E-state index is 12.0. The van der Waals surface area contributed by atoms with Crippen molar-refractivity contribution in [1.29, 1.82) is 0 Å². The van der Waals surface area contributed by atoms with Gasteiger partial charge in [-0.15, -0.1) is 0 Å². The van der Waals surface area contributed by atoms with Gasteiger partial charge in [0.1, 0.15) is 5.82 Å². The molecule has 0 unspecified atom stereocenters. The van der Waals surface area contributed by atoms with E-state index in [4.69, 9.17) is 0 Å². The molecule has 0 atom stereocenters. The highest BCUT2D eigenvalue weighted by atomic mass is 32.2. The quantitative estimate of drug-likeness (QED) is 0.732. The van der Waals surface area contributed by atoms with E-state index in [0.29, 0.717) is 12.2 Å². The molecule has 0 aliphatic heterocycles. The van der Waals surface area contributed by atoms with Gasteiger partial charge in [0.25, 0.3) is 0 Å². The number of hydrogen-bond donors (Lipinski definition) is 2. The Kier molecular flexibility index (Phi) is 4.22. The summed E-state index contributed by atoms with van der Waals surface area (Å²) in [5.74, 6) is 0.682. The predicted octanol–water partition coefficient (Wildman–Crippen LogP) is 2.22. The molecule has 22 heavy (non-hydrogen) atoms. The number of aromatic nitrogens is 2. The van der Waals surface area contributed by atoms with E-state index < -0.39 is 10.0 Å². The van der Waals surface area contributed by atoms with Crippen molar-refractivity contribution in [3.63, 3.8) is 0 Å². The van der Waals surface area contributed by atoms with Gasteiger partial charge in [-0.1, -0.05) is 42.5 Å². The Morgan fingerprint density at radius 2 is 1.73 bits per heavy atom. The first-order valence-corrected chi connectivity index (χ1v) is 8.72. The third kappa shape index (κ3) is 3.72. The van der Waals surface area contributed by atoms with E-state index in [1.165, 1.54) is 0 Å². The second-order valence-electron chi connectivity index (χ2n) is 5.08. The van der Waals surface area contributed by atoms with Crippen molar-refractivity contribution in [2.24, 2.45) is 0 Å². The van der Waals surface area contributed by atoms with Crippen LogP contribution in [-0.2, 0) is 23.0 Å². The first kappa shape index (κ1) is 14.7. The molecule has 0 radical (unpaired) electrons. The molecule has 0 fully saturated rings. The third-order valence-electron chi connectivity index (χ3n) is 3.40. The highest BCUT2D eigenvalue weighted by Gasteiger charge is 2.11. The lowest BCUT2D eigenvalue weighted by atomic mass is 10.2. The van der Waals surface area contributed by atoms with Gasteiger partial charge in [-0.25, -0.2) is 18.1 Å². The predicted molar refractivity (Wildman–Crippen MR) is 86.9 cm³/mol. The first-order valence-electron chi connectivity index (χ1n) is 7.07. The van der Waals surface area contributed by atoms with Crippen LogP contribution in [0.15, 0.2) is 54.6 Å². The molecular formula is C16H17N3O2S. The summed E-state index contributed by atoms with van der Waals surface area (Å²) in [6, 6.07) is 17.2. The molecule has 6 heteroatoms. The average molecular weight is 315 g/mol. The molecule has 0 saturated heterocycles. The Labute approximate surface area is 129 Å². The maximum Gasteiger partial charge on any atom is 0.212 e. The summed E-state index contributed by atoms with van der Waals surface area (Å²) in [4.78, 5) is 7.46. The van der Waals surface area contributed by atoms with E-state index in [9.17, 15) is 8.42 Å². The van der Waals surface area contributed by atoms with Crippen LogP contribution in [0, 0.1) is 0 Å². The zero-order valence-electron chi connectivity index (χ0n) is 12.0. The number of imidazole rings is 1. The summed E-state index contributed by atoms with van der Waals surface area (Å²) >= 11 is 0. The van der Waals surface area contributed by atoms with Gasteiger partial charge in [-0.05, 0) is 24.1 Å². The number of nitrogens with zero attached hydrogens (tertiary/aromatic N) is 1. The zero-order valence-corrected chi connectivity index (χ0v) is 12.8. The van der Waals surface area contributed by atoms with Gasteiger partial charge in [0.15, 0.2) is 0 Å². The van der Waals surface area contributed by atoms with E-state index in [1.54, 1.807) is 0 Å². The Morgan fingerprint density at radius 3 is 2.50 bits per heavy atom. The van der Waals surface area contributed by atoms with Crippen LogP contribution in [0.4, 0.5) is 0 Å². The molecule has 2 N–H and O–H groups in total. The Bertz CT molecular complexity index is 824. The Morgan fingerprint density at radius 1 is 1.00 bits per heavy atom. The minimum Gasteiger partial charge on any atom is -0.341 e. The lowest BCUT2D eigenvalue weighted by molar-refractivity contribution is 0.579. The van der Waals surface area contributed by atoms with Gasteiger partial charge in [-0.3, -0.25) is 0 Å². The van der Waals surface area contributed by atoms with E-state index in [2.05, 4.69) is 14.7 Å². The topological polar surface area (TPSA) is 74.8 Å². The van der Waals surface area contributed by atoms with Gasteiger partial charge in [0.05, 0.1) is 23.3 Å². The Balaban J connectivity index is 1.59. The van der Waals surface area contributed by atoms with E-state index in [1.807, 2.05) is 54.6 Å². The summed E-state index contributed by atoms with van der Waals surface area (Å²) in [6.45, 7) is 0.172. The van der Waals surface area contributed by atoms with Crippen LogP contribution in [0.25, 0.3) is 11.0 Å². The molecule has 0 aliphatic carbocycles. The van der Waals surface area contributed by atoms with Gasteiger partial charge in [0, 0.05) is 0 Å². The molecule has 1 aromatic heterocycles. The van der Waals surface area contributed by atoms with Crippen molar-refractivity contribution in [1.82, 2.24) is 14.7 Å². The van der Waals surface area contributed by atoms with Crippen molar-refractivity contribution in [3.05, 3.63) is 66.0 Å². The molecule has 0 spiro atoms. The van der Waals surface area contributed by atoms with Crippen molar-refractivity contribution in [2.45, 2.75) is 13.0 Å². The molecule has 0 saturated carbocycles. The molecule has 0 bridgehead atoms. The third-order valence-corrected chi connectivity index (χ3v) is 4.73. The molecular weight excluding hydrogens is 298 g/mol. The molecule has 0 amide bonds. The number of aromatic amines is 1. The largest absolute Gasteiger partial charge is 0.341 e. The minimum absolute atomic E-state index is 0.0667. The maximum atomic E-state index is 12.0. The zero-order chi connectivity index (χ0) is 15.4. The average Bonchev–Trinajstić information content (AvgIpc) is 2.95. The van der Waals surface area contributed by atoms with Crippen molar-refractivity contribution >= 4 is 21.1 Å². The van der Waals surface area contributed by atoms with Crippen molar-refractivity contribution in [3.8, 4) is 0 Å². The Hall–Kier alpha value is -2.18. The second kappa shape index (κ2) is 6.29. The number of fused-ring (bicyclic) bond motifs is 1. The summed E-state index contributed by atoms with van der Waals surface area (Å²) in [5, 5.41) is 0. The van der Waals surface area contributed by atoms with Crippen LogP contribution in [0.1, 0.15) is 11.4 Å². The molecule has 2 aromatic carbocycles. The van der Waals surface area contributed by atoms with Gasteiger partial charge in [-0.2, -0.15) is 0 Å². The molecule has 3 rings (SSSR count). The normalized spacial score (nSPS) is 11.8. The summed E-state index contributed by atoms with van der Waals surface area (Å²) in [7, 11) is -3.33. The van der Waals surface area contributed by atoms with Gasteiger partial charge >= 0.3 is 0 Å². The highest BCUT2D eigenvalue weighted by Crippen LogP contribution is 2.10. The van der Waals surface area contributed by atoms with Crippen LogP contribution < -0.4 is 4.72 Å². The molecule has 114 valence electrons. The minimum atomic E-state index is -3.33. The number of sulfonamides is 1. The number of aryl methyl sites for hydroxylation is 1. The van der Waals surface area contributed by atoms with Crippen LogP contribution >= 0.6 is 0 Å². The highest BCUT2D eigenvalue weighted by molar-refractivity contribution is 7.89. The molecule has 0 aliphatic rings. The molecule has 5 nitrogen and oxygen atoms in total. The lowest BCUT2D eigenvalue weighted by Crippen LogP contribution is -2.27. The molecule has 1 heterocycles. The van der Waals surface area contributed by atoms with E-state index in [0.717, 1.165) is 16.6 Å². The van der Waals surface area contributed by atoms with Crippen LogP contribution in [0.5, 0.6) is 0 Å². The lowest BCUT2D eigenvalue weighted by Gasteiger charge is -2.05. The fourth-order valence-corrected chi connectivity index (χ4v) is 3.24. The van der Waals surface area contributed by atoms with Gasteiger partial charge < -0.3 is 4.98 Å². The smallest absolute Gasteiger partial charge is 0.212 e. The molecule has 3 aromatic rings. The second-order valence-corrected chi connectivity index (χ2v) is 7.00. The van der Waals surface area contributed by atoms with Crippen LogP contribution in [-0.4, -0.2) is 24.1 Å². The summed E-state index contributed by atoms with van der Waals surface area (Å²) in [6.07, 6.45) is 0.496. The van der Waals surface area contributed by atoms with Crippen molar-refractivity contribution < 1.29 is 8.42 Å². The number of para-hydroxylation sites is 2. The number of H-pyrrole nitrogens is 1. The number of benzene rings is 2. The first-order chi connectivity index (χ1) is 10.6. The fourth-order valence-electron chi connectivity index (χ4n) is 2.24. The fraction of sp³-hybridized carbons (Fsp3) is 0.188.